The van der Waals surface area contributed by atoms with Gasteiger partial charge in [0.2, 0.25) is 5.91 Å². The Labute approximate surface area is 199 Å². The average molecular weight is 480 g/mol. The first-order valence-electron chi connectivity index (χ1n) is 10.1. The van der Waals surface area contributed by atoms with Crippen LogP contribution in [-0.4, -0.2) is 55.8 Å². The molecule has 5 nitrogen and oxygen atoms in total. The number of thiazole rings is 1. The summed E-state index contributed by atoms with van der Waals surface area (Å²) in [4.78, 5) is 23.1. The number of methoxy groups -OCH3 is 1. The number of benzene rings is 2. The van der Waals surface area contributed by atoms with Crippen LogP contribution in [0.4, 0.5) is 5.13 Å². The lowest BCUT2D eigenvalue weighted by Crippen LogP contribution is -2.33. The molecule has 0 saturated heterocycles. The molecule has 0 atom stereocenters. The number of carbonyl (C=O) groups is 1. The second-order valence-corrected chi connectivity index (χ2v) is 9.59. The van der Waals surface area contributed by atoms with E-state index in [2.05, 4.69) is 36.1 Å². The quantitative estimate of drug-likeness (QED) is 0.359. The van der Waals surface area contributed by atoms with Crippen LogP contribution in [0.5, 0.6) is 5.75 Å². The SMILES string of the molecule is COc1cccc2sc(N(CCCN(C)C)C(=O)CCSc3ccc(C)cc3)nc12.Cl. The van der Waals surface area contributed by atoms with Crippen molar-refractivity contribution in [1.82, 2.24) is 9.88 Å². The van der Waals surface area contributed by atoms with Gasteiger partial charge in [0, 0.05) is 23.6 Å². The van der Waals surface area contributed by atoms with Gasteiger partial charge in [-0.3, -0.25) is 9.69 Å². The smallest absolute Gasteiger partial charge is 0.229 e. The van der Waals surface area contributed by atoms with Crippen molar-refractivity contribution in [2.75, 3.05) is 44.9 Å². The molecule has 31 heavy (non-hydrogen) atoms. The van der Waals surface area contributed by atoms with E-state index in [0.717, 1.165) is 39.8 Å². The maximum Gasteiger partial charge on any atom is 0.229 e. The third kappa shape index (κ3) is 7.10. The maximum absolute atomic E-state index is 13.1. The van der Waals surface area contributed by atoms with Gasteiger partial charge in [-0.1, -0.05) is 35.1 Å². The molecule has 0 aliphatic rings. The highest BCUT2D eigenvalue weighted by Gasteiger charge is 2.20. The third-order valence-electron chi connectivity index (χ3n) is 4.72. The van der Waals surface area contributed by atoms with Crippen molar-refractivity contribution in [3.05, 3.63) is 48.0 Å². The lowest BCUT2D eigenvalue weighted by atomic mass is 10.2. The molecule has 3 rings (SSSR count). The molecule has 0 saturated carbocycles. The number of para-hydroxylation sites is 1. The molecule has 0 unspecified atom stereocenters. The van der Waals surface area contributed by atoms with Crippen molar-refractivity contribution in [3.63, 3.8) is 0 Å². The number of halogens is 1. The molecular formula is C23H30ClN3O2S2. The number of amides is 1. The average Bonchev–Trinajstić information content (AvgIpc) is 3.16. The molecule has 0 fully saturated rings. The highest BCUT2D eigenvalue weighted by Crippen LogP contribution is 2.34. The molecule has 0 radical (unpaired) electrons. The van der Waals surface area contributed by atoms with Crippen molar-refractivity contribution in [2.24, 2.45) is 0 Å². The minimum atomic E-state index is 0. The van der Waals surface area contributed by atoms with Crippen molar-refractivity contribution in [1.29, 1.82) is 0 Å². The summed E-state index contributed by atoms with van der Waals surface area (Å²) in [6, 6.07) is 14.3. The van der Waals surface area contributed by atoms with Gasteiger partial charge in [-0.15, -0.1) is 24.2 Å². The Bertz CT molecular complexity index is 977. The minimum Gasteiger partial charge on any atom is -0.494 e. The fourth-order valence-electron chi connectivity index (χ4n) is 3.09. The van der Waals surface area contributed by atoms with E-state index in [4.69, 9.17) is 9.72 Å². The highest BCUT2D eigenvalue weighted by molar-refractivity contribution is 7.99. The van der Waals surface area contributed by atoms with Gasteiger partial charge < -0.3 is 9.64 Å². The summed E-state index contributed by atoms with van der Waals surface area (Å²) >= 11 is 3.26. The van der Waals surface area contributed by atoms with Crippen molar-refractivity contribution in [3.8, 4) is 5.75 Å². The summed E-state index contributed by atoms with van der Waals surface area (Å²) in [6.07, 6.45) is 1.38. The zero-order chi connectivity index (χ0) is 21.5. The Kier molecular flexibility index (Phi) is 10.1. The molecule has 168 valence electrons. The van der Waals surface area contributed by atoms with Gasteiger partial charge in [0.05, 0.1) is 11.8 Å². The normalized spacial score (nSPS) is 10.9. The maximum atomic E-state index is 13.1. The zero-order valence-corrected chi connectivity index (χ0v) is 20.9. The number of anilines is 1. The molecule has 0 N–H and O–H groups in total. The summed E-state index contributed by atoms with van der Waals surface area (Å²) in [7, 11) is 5.75. The fourth-order valence-corrected chi connectivity index (χ4v) is 4.96. The lowest BCUT2D eigenvalue weighted by molar-refractivity contribution is -0.118. The third-order valence-corrected chi connectivity index (χ3v) is 6.77. The molecule has 3 aromatic rings. The number of hydrogen-bond acceptors (Lipinski definition) is 6. The van der Waals surface area contributed by atoms with Crippen LogP contribution in [0.2, 0.25) is 0 Å². The standard InChI is InChI=1S/C23H29N3O2S2.ClH/c1-17-9-11-18(12-10-17)29-16-13-21(27)26(15-6-14-25(2)3)23-24-22-19(28-4)7-5-8-20(22)30-23;/h5,7-12H,6,13-16H2,1-4H3;1H. The molecule has 0 aliphatic heterocycles. The minimum absolute atomic E-state index is 0. The van der Waals surface area contributed by atoms with E-state index in [1.54, 1.807) is 30.2 Å². The molecule has 0 bridgehead atoms. The number of carbonyl (C=O) groups excluding carboxylic acids is 1. The van der Waals surface area contributed by atoms with E-state index in [1.807, 2.05) is 37.2 Å². The Morgan fingerprint density at radius 2 is 1.87 bits per heavy atom. The fraction of sp³-hybridized carbons (Fsp3) is 0.391. The Balaban J connectivity index is 0.00000341. The van der Waals surface area contributed by atoms with Gasteiger partial charge in [0.25, 0.3) is 0 Å². The van der Waals surface area contributed by atoms with E-state index < -0.39 is 0 Å². The van der Waals surface area contributed by atoms with Crippen LogP contribution in [0.25, 0.3) is 10.2 Å². The van der Waals surface area contributed by atoms with Gasteiger partial charge in [0.15, 0.2) is 5.13 Å². The summed E-state index contributed by atoms with van der Waals surface area (Å²) in [5.41, 5.74) is 2.06. The number of ether oxygens (including phenoxy) is 1. The van der Waals surface area contributed by atoms with Crippen LogP contribution in [-0.2, 0) is 4.79 Å². The van der Waals surface area contributed by atoms with Crippen LogP contribution >= 0.6 is 35.5 Å². The van der Waals surface area contributed by atoms with Crippen molar-refractivity contribution in [2.45, 2.75) is 24.7 Å². The predicted molar refractivity (Wildman–Crippen MR) is 135 cm³/mol. The summed E-state index contributed by atoms with van der Waals surface area (Å²) in [5.74, 6) is 1.61. The molecule has 0 aliphatic carbocycles. The van der Waals surface area contributed by atoms with E-state index in [9.17, 15) is 4.79 Å². The van der Waals surface area contributed by atoms with Crippen LogP contribution in [0.15, 0.2) is 47.4 Å². The topological polar surface area (TPSA) is 45.7 Å². The number of nitrogens with zero attached hydrogens (tertiary/aromatic N) is 3. The molecule has 1 amide bonds. The van der Waals surface area contributed by atoms with Gasteiger partial charge >= 0.3 is 0 Å². The number of rotatable bonds is 10. The molecule has 1 aromatic heterocycles. The van der Waals surface area contributed by atoms with Gasteiger partial charge in [-0.2, -0.15) is 0 Å². The molecular weight excluding hydrogens is 450 g/mol. The van der Waals surface area contributed by atoms with E-state index >= 15 is 0 Å². The Morgan fingerprint density at radius 3 is 2.55 bits per heavy atom. The number of aryl methyl sites for hydroxylation is 1. The van der Waals surface area contributed by atoms with Crippen molar-refractivity contribution >= 4 is 56.8 Å². The monoisotopic (exact) mass is 479 g/mol. The van der Waals surface area contributed by atoms with Gasteiger partial charge in [-0.05, 0) is 58.3 Å². The molecule has 1 heterocycles. The zero-order valence-electron chi connectivity index (χ0n) is 18.5. The first-order valence-corrected chi connectivity index (χ1v) is 11.9. The molecule has 0 spiro atoms. The van der Waals surface area contributed by atoms with Gasteiger partial charge in [0.1, 0.15) is 11.3 Å². The van der Waals surface area contributed by atoms with E-state index in [1.165, 1.54) is 10.5 Å². The number of fused-ring (bicyclic) bond motifs is 1. The summed E-state index contributed by atoms with van der Waals surface area (Å²) in [6.45, 7) is 3.67. The summed E-state index contributed by atoms with van der Waals surface area (Å²) in [5, 5.41) is 0.749. The number of thioether (sulfide) groups is 1. The predicted octanol–water partition coefficient (Wildman–Crippen LogP) is 5.50. The van der Waals surface area contributed by atoms with Crippen LogP contribution < -0.4 is 9.64 Å². The van der Waals surface area contributed by atoms with E-state index in [-0.39, 0.29) is 18.3 Å². The van der Waals surface area contributed by atoms with E-state index in [0.29, 0.717) is 13.0 Å². The van der Waals surface area contributed by atoms with Crippen LogP contribution in [0.1, 0.15) is 18.4 Å². The second kappa shape index (κ2) is 12.3. The second-order valence-electron chi connectivity index (χ2n) is 7.42. The van der Waals surface area contributed by atoms with Gasteiger partial charge in [-0.25, -0.2) is 4.98 Å². The molecule has 2 aromatic carbocycles. The Morgan fingerprint density at radius 1 is 1.13 bits per heavy atom. The largest absolute Gasteiger partial charge is 0.494 e. The number of aromatic nitrogens is 1. The molecule has 8 heteroatoms. The number of hydrogen-bond donors (Lipinski definition) is 0. The first kappa shape index (κ1) is 25.5. The van der Waals surface area contributed by atoms with Crippen molar-refractivity contribution < 1.29 is 9.53 Å². The first-order chi connectivity index (χ1) is 14.5. The van der Waals surface area contributed by atoms with Crippen LogP contribution in [0.3, 0.4) is 0 Å². The summed E-state index contributed by atoms with van der Waals surface area (Å²) < 4.78 is 6.48. The highest BCUT2D eigenvalue weighted by atomic mass is 35.5. The van der Waals surface area contributed by atoms with Crippen LogP contribution in [0, 0.1) is 6.92 Å². The lowest BCUT2D eigenvalue weighted by Gasteiger charge is -2.21. The Hall–Kier alpha value is -1.80.